The first-order valence-corrected chi connectivity index (χ1v) is 8.16. The van der Waals surface area contributed by atoms with E-state index in [0.29, 0.717) is 17.5 Å². The minimum Gasteiger partial charge on any atom is -0.383 e. The Bertz CT molecular complexity index is 547. The van der Waals surface area contributed by atoms with Crippen molar-refractivity contribution in [2.75, 3.05) is 26.0 Å². The van der Waals surface area contributed by atoms with Crippen LogP contribution in [0.1, 0.15) is 10.6 Å². The highest BCUT2D eigenvalue weighted by Crippen LogP contribution is 2.27. The van der Waals surface area contributed by atoms with E-state index in [4.69, 9.17) is 10.5 Å². The molecule has 1 aromatic heterocycles. The summed E-state index contributed by atoms with van der Waals surface area (Å²) in [4.78, 5) is 38.9. The quantitative estimate of drug-likeness (QED) is 0.451. The summed E-state index contributed by atoms with van der Waals surface area (Å²) < 4.78 is 5.43. The van der Waals surface area contributed by atoms with Crippen molar-refractivity contribution in [1.29, 1.82) is 0 Å². The maximum Gasteiger partial charge on any atom is 0.321 e. The molecule has 0 unspecified atom stereocenters. The highest BCUT2D eigenvalue weighted by Gasteiger charge is 2.13. The number of nitrogens with two attached hydrogens (primary N) is 1. The largest absolute Gasteiger partial charge is 0.383 e. The molecule has 122 valence electrons. The first kappa shape index (κ1) is 18.4. The predicted molar refractivity (Wildman–Crippen MR) is 83.9 cm³/mol. The molecule has 0 saturated heterocycles. The Kier molecular flexibility index (Phi) is 7.85. The Balaban J connectivity index is 2.37. The number of carbonyl (C=O) groups is 3. The van der Waals surface area contributed by atoms with Crippen molar-refractivity contribution in [2.45, 2.75) is 17.7 Å². The molecule has 4 amide bonds. The average Bonchev–Trinajstić information content (AvgIpc) is 2.76. The van der Waals surface area contributed by atoms with E-state index in [1.807, 2.05) is 0 Å². The molecule has 0 fully saturated rings. The van der Waals surface area contributed by atoms with Crippen LogP contribution in [0.15, 0.2) is 4.34 Å². The number of ether oxygens (including phenoxy) is 1. The van der Waals surface area contributed by atoms with E-state index >= 15 is 0 Å². The number of nitrogens with zero attached hydrogens (tertiary/aromatic N) is 1. The van der Waals surface area contributed by atoms with Gasteiger partial charge in [-0.3, -0.25) is 14.9 Å². The summed E-state index contributed by atoms with van der Waals surface area (Å²) in [5.74, 6) is -0.793. The van der Waals surface area contributed by atoms with Crippen LogP contribution in [0.25, 0.3) is 0 Å². The summed E-state index contributed by atoms with van der Waals surface area (Å²) in [6.45, 7) is 2.48. The molecule has 4 N–H and O–H groups in total. The lowest BCUT2D eigenvalue weighted by molar-refractivity contribution is -0.118. The highest BCUT2D eigenvalue weighted by molar-refractivity contribution is 8.01. The zero-order valence-corrected chi connectivity index (χ0v) is 13.9. The molecular weight excluding hydrogens is 328 g/mol. The Morgan fingerprint density at radius 1 is 1.41 bits per heavy atom. The van der Waals surface area contributed by atoms with Crippen molar-refractivity contribution in [1.82, 2.24) is 15.6 Å². The lowest BCUT2D eigenvalue weighted by Crippen LogP contribution is -2.41. The van der Waals surface area contributed by atoms with Crippen LogP contribution < -0.4 is 16.4 Å². The van der Waals surface area contributed by atoms with Crippen LogP contribution >= 0.6 is 23.1 Å². The highest BCUT2D eigenvalue weighted by atomic mass is 32.2. The van der Waals surface area contributed by atoms with Gasteiger partial charge in [0.15, 0.2) is 4.34 Å². The van der Waals surface area contributed by atoms with Gasteiger partial charge in [-0.15, -0.1) is 11.3 Å². The number of amides is 4. The van der Waals surface area contributed by atoms with Gasteiger partial charge < -0.3 is 15.8 Å². The molecule has 0 saturated carbocycles. The molecule has 10 heteroatoms. The zero-order valence-electron chi connectivity index (χ0n) is 12.3. The number of hydrogen-bond acceptors (Lipinski definition) is 7. The Labute approximate surface area is 136 Å². The number of thiazole rings is 1. The van der Waals surface area contributed by atoms with Gasteiger partial charge in [-0.25, -0.2) is 9.78 Å². The monoisotopic (exact) mass is 346 g/mol. The Morgan fingerprint density at radius 3 is 2.77 bits per heavy atom. The smallest absolute Gasteiger partial charge is 0.321 e. The topological polar surface area (TPSA) is 123 Å². The number of thioether (sulfide) groups is 1. The van der Waals surface area contributed by atoms with Crippen molar-refractivity contribution >= 4 is 40.9 Å². The fourth-order valence-corrected chi connectivity index (χ4v) is 3.43. The number of urea groups is 1. The summed E-state index contributed by atoms with van der Waals surface area (Å²) >= 11 is 2.52. The van der Waals surface area contributed by atoms with Crippen LogP contribution in [0.2, 0.25) is 0 Å². The second-order valence-corrected chi connectivity index (χ2v) is 6.52. The number of rotatable bonds is 8. The van der Waals surface area contributed by atoms with E-state index in [9.17, 15) is 14.4 Å². The van der Waals surface area contributed by atoms with Crippen molar-refractivity contribution in [3.63, 3.8) is 0 Å². The van der Waals surface area contributed by atoms with Gasteiger partial charge in [0, 0.05) is 18.5 Å². The van der Waals surface area contributed by atoms with Crippen LogP contribution in [0.3, 0.4) is 0 Å². The maximum absolute atomic E-state index is 11.6. The van der Waals surface area contributed by atoms with Crippen molar-refractivity contribution in [3.05, 3.63) is 10.6 Å². The lowest BCUT2D eigenvalue weighted by Gasteiger charge is -2.05. The van der Waals surface area contributed by atoms with E-state index in [0.717, 1.165) is 10.6 Å². The van der Waals surface area contributed by atoms with E-state index in [-0.39, 0.29) is 12.2 Å². The van der Waals surface area contributed by atoms with E-state index < -0.39 is 17.8 Å². The SMILES string of the molecule is COCCNC(=O)NC(=O)CSc1nc(C)c(CC(N)=O)s1. The Hall–Kier alpha value is -1.65. The number of aryl methyl sites for hydroxylation is 1. The molecule has 0 bridgehead atoms. The van der Waals surface area contributed by atoms with Gasteiger partial charge in [-0.1, -0.05) is 11.8 Å². The van der Waals surface area contributed by atoms with Crippen LogP contribution in [-0.4, -0.2) is 48.8 Å². The summed E-state index contributed by atoms with van der Waals surface area (Å²) in [5, 5.41) is 4.68. The first-order valence-electron chi connectivity index (χ1n) is 6.36. The second-order valence-electron chi connectivity index (χ2n) is 4.22. The number of carbonyl (C=O) groups excluding carboxylic acids is 3. The standard InChI is InChI=1S/C12H18N4O4S2/c1-7-8(5-9(13)17)22-12(15-7)21-6-10(18)16-11(19)14-3-4-20-2/h3-6H2,1-2H3,(H2,13,17)(H2,14,16,18,19). The van der Waals surface area contributed by atoms with Gasteiger partial charge in [0.2, 0.25) is 11.8 Å². The summed E-state index contributed by atoms with van der Waals surface area (Å²) in [6.07, 6.45) is 0.137. The minimum absolute atomic E-state index is 0.0562. The summed E-state index contributed by atoms with van der Waals surface area (Å²) in [7, 11) is 1.52. The molecule has 1 rings (SSSR count). The number of hydrogen-bond donors (Lipinski definition) is 3. The van der Waals surface area contributed by atoms with Gasteiger partial charge in [0.25, 0.3) is 0 Å². The van der Waals surface area contributed by atoms with Crippen LogP contribution in [0, 0.1) is 6.92 Å². The molecule has 22 heavy (non-hydrogen) atoms. The number of nitrogens with one attached hydrogen (secondary N) is 2. The van der Waals surface area contributed by atoms with Gasteiger partial charge in [-0.2, -0.15) is 0 Å². The molecule has 1 aromatic rings. The molecule has 1 heterocycles. The second kappa shape index (κ2) is 9.38. The fraction of sp³-hybridized carbons (Fsp3) is 0.500. The third-order valence-corrected chi connectivity index (χ3v) is 4.68. The number of methoxy groups -OCH3 is 1. The van der Waals surface area contributed by atoms with Crippen molar-refractivity contribution in [3.8, 4) is 0 Å². The molecule has 0 aliphatic heterocycles. The molecule has 0 aliphatic rings. The third kappa shape index (κ3) is 6.87. The maximum atomic E-state index is 11.6. The van der Waals surface area contributed by atoms with Crippen molar-refractivity contribution < 1.29 is 19.1 Å². The van der Waals surface area contributed by atoms with Crippen molar-refractivity contribution in [2.24, 2.45) is 5.73 Å². The number of aromatic nitrogens is 1. The molecule has 8 nitrogen and oxygen atoms in total. The van der Waals surface area contributed by atoms with E-state index in [1.165, 1.54) is 30.2 Å². The van der Waals surface area contributed by atoms with Crippen LogP contribution in [0.4, 0.5) is 4.79 Å². The number of primary amides is 1. The summed E-state index contributed by atoms with van der Waals surface area (Å²) in [6, 6.07) is -0.563. The third-order valence-electron chi connectivity index (χ3n) is 2.38. The predicted octanol–water partition coefficient (Wildman–Crippen LogP) is 0.0436. The number of imide groups is 1. The van der Waals surface area contributed by atoms with Crippen LogP contribution in [0.5, 0.6) is 0 Å². The molecule has 0 spiro atoms. The van der Waals surface area contributed by atoms with E-state index in [1.54, 1.807) is 6.92 Å². The van der Waals surface area contributed by atoms with Gasteiger partial charge >= 0.3 is 6.03 Å². The van der Waals surface area contributed by atoms with Gasteiger partial charge in [0.1, 0.15) is 0 Å². The summed E-state index contributed by atoms with van der Waals surface area (Å²) in [5.41, 5.74) is 5.87. The van der Waals surface area contributed by atoms with Crippen LogP contribution in [-0.2, 0) is 20.7 Å². The minimum atomic E-state index is -0.563. The van der Waals surface area contributed by atoms with Gasteiger partial charge in [0.05, 0.1) is 24.5 Å². The molecule has 0 aromatic carbocycles. The molecule has 0 aliphatic carbocycles. The van der Waals surface area contributed by atoms with E-state index in [2.05, 4.69) is 15.6 Å². The molecule has 0 atom stereocenters. The lowest BCUT2D eigenvalue weighted by atomic mass is 10.3. The Morgan fingerprint density at radius 2 is 2.14 bits per heavy atom. The zero-order chi connectivity index (χ0) is 16.5. The fourth-order valence-electron chi connectivity index (χ4n) is 1.39. The average molecular weight is 346 g/mol. The molecular formula is C12H18N4O4S2. The first-order chi connectivity index (χ1) is 10.4. The van der Waals surface area contributed by atoms with Gasteiger partial charge in [-0.05, 0) is 6.92 Å². The normalized spacial score (nSPS) is 10.3. The molecule has 0 radical (unpaired) electrons.